The highest BCUT2D eigenvalue weighted by molar-refractivity contribution is 6.30. The number of pyridine rings is 1. The lowest BCUT2D eigenvalue weighted by molar-refractivity contribution is -0.137. The summed E-state index contributed by atoms with van der Waals surface area (Å²) in [4.78, 5) is 6.26. The van der Waals surface area contributed by atoms with Crippen molar-refractivity contribution in [1.29, 1.82) is 0 Å². The van der Waals surface area contributed by atoms with Gasteiger partial charge in [0, 0.05) is 24.5 Å². The molecular weight excluding hydrogens is 341 g/mol. The van der Waals surface area contributed by atoms with Crippen molar-refractivity contribution in [2.45, 2.75) is 50.0 Å². The van der Waals surface area contributed by atoms with Gasteiger partial charge in [0.05, 0.1) is 22.8 Å². The van der Waals surface area contributed by atoms with Gasteiger partial charge in [-0.1, -0.05) is 11.6 Å². The zero-order valence-corrected chi connectivity index (χ0v) is 13.5. The van der Waals surface area contributed by atoms with E-state index in [1.54, 1.807) is 6.20 Å². The molecule has 0 radical (unpaired) electrons. The summed E-state index contributed by atoms with van der Waals surface area (Å²) in [6.07, 6.45) is 3.89. The number of nitrogens with zero attached hydrogens (tertiary/aromatic N) is 4. The molecule has 2 aromatic heterocycles. The first-order chi connectivity index (χ1) is 11.4. The number of alkyl halides is 3. The largest absolute Gasteiger partial charge is 0.417 e. The lowest BCUT2D eigenvalue weighted by atomic mass is 9.97. The van der Waals surface area contributed by atoms with Gasteiger partial charge in [0.2, 0.25) is 0 Å². The van der Waals surface area contributed by atoms with Gasteiger partial charge < -0.3 is 4.90 Å². The maximum atomic E-state index is 12.7. The standard InChI is InChI=1S/C16H16ClF3N4/c17-11-8-22-23(9-11)14-5-12-2-3-13(6-14)24(12)15-4-1-10(7-21-15)16(18,19)20/h1,4,7-9,12-14H,2-3,5-6H2. The van der Waals surface area contributed by atoms with Crippen LogP contribution in [0.4, 0.5) is 19.0 Å². The summed E-state index contributed by atoms with van der Waals surface area (Å²) < 4.78 is 40.0. The predicted molar refractivity (Wildman–Crippen MR) is 84.0 cm³/mol. The minimum Gasteiger partial charge on any atom is -0.350 e. The second kappa shape index (κ2) is 5.65. The molecule has 2 saturated heterocycles. The third-order valence-corrected chi connectivity index (χ3v) is 5.19. The minimum absolute atomic E-state index is 0.278. The molecule has 4 heterocycles. The van der Waals surface area contributed by atoms with Crippen LogP contribution in [0.15, 0.2) is 30.7 Å². The van der Waals surface area contributed by atoms with E-state index in [0.717, 1.165) is 37.9 Å². The summed E-state index contributed by atoms with van der Waals surface area (Å²) in [5.74, 6) is 0.632. The molecule has 2 aliphatic heterocycles. The molecule has 0 N–H and O–H groups in total. The third kappa shape index (κ3) is 2.75. The Labute approximate surface area is 142 Å². The fourth-order valence-corrected chi connectivity index (χ4v) is 4.10. The Morgan fingerprint density at radius 3 is 2.25 bits per heavy atom. The second-order valence-corrected chi connectivity index (χ2v) is 6.90. The van der Waals surface area contributed by atoms with Gasteiger partial charge in [-0.2, -0.15) is 18.3 Å². The van der Waals surface area contributed by atoms with E-state index in [2.05, 4.69) is 15.0 Å². The van der Waals surface area contributed by atoms with Crippen LogP contribution in [0.3, 0.4) is 0 Å². The van der Waals surface area contributed by atoms with Crippen molar-refractivity contribution in [2.75, 3.05) is 4.90 Å². The molecule has 0 amide bonds. The Kier molecular flexibility index (Phi) is 3.71. The molecule has 2 aromatic rings. The van der Waals surface area contributed by atoms with E-state index in [4.69, 9.17) is 11.6 Å². The third-order valence-electron chi connectivity index (χ3n) is 4.99. The second-order valence-electron chi connectivity index (χ2n) is 6.46. The SMILES string of the molecule is FC(F)(F)c1ccc(N2C3CCC2CC(n2cc(Cl)cn2)C3)nc1. The zero-order valence-electron chi connectivity index (χ0n) is 12.7. The van der Waals surface area contributed by atoms with Crippen LogP contribution in [-0.2, 0) is 6.18 Å². The molecule has 2 fully saturated rings. The normalized spacial score (nSPS) is 26.8. The first-order valence-corrected chi connectivity index (χ1v) is 8.31. The van der Waals surface area contributed by atoms with E-state index in [1.165, 1.54) is 6.07 Å². The number of rotatable bonds is 2. The Morgan fingerprint density at radius 1 is 1.04 bits per heavy atom. The first-order valence-electron chi connectivity index (χ1n) is 7.93. The molecule has 0 saturated carbocycles. The smallest absolute Gasteiger partial charge is 0.350 e. The Balaban J connectivity index is 1.54. The molecule has 128 valence electrons. The lowest BCUT2D eigenvalue weighted by Gasteiger charge is -2.39. The fourth-order valence-electron chi connectivity index (χ4n) is 3.96. The zero-order chi connectivity index (χ0) is 16.9. The summed E-state index contributed by atoms with van der Waals surface area (Å²) in [7, 11) is 0. The van der Waals surface area contributed by atoms with Crippen LogP contribution in [0.5, 0.6) is 0 Å². The van der Waals surface area contributed by atoms with Crippen molar-refractivity contribution in [2.24, 2.45) is 0 Å². The molecule has 2 unspecified atom stereocenters. The van der Waals surface area contributed by atoms with Crippen LogP contribution >= 0.6 is 11.6 Å². The molecule has 2 bridgehead atoms. The first kappa shape index (κ1) is 15.7. The quantitative estimate of drug-likeness (QED) is 0.803. The lowest BCUT2D eigenvalue weighted by Crippen LogP contribution is -2.44. The number of anilines is 1. The predicted octanol–water partition coefficient (Wildman–Crippen LogP) is 4.32. The number of piperidine rings is 1. The van der Waals surface area contributed by atoms with Crippen LogP contribution < -0.4 is 4.90 Å². The van der Waals surface area contributed by atoms with Crippen molar-refractivity contribution < 1.29 is 13.2 Å². The summed E-state index contributed by atoms with van der Waals surface area (Å²) in [6, 6.07) is 3.43. The van der Waals surface area contributed by atoms with Crippen LogP contribution in [0.1, 0.15) is 37.3 Å². The van der Waals surface area contributed by atoms with E-state index in [-0.39, 0.29) is 18.1 Å². The van der Waals surface area contributed by atoms with E-state index in [9.17, 15) is 13.2 Å². The molecule has 0 aromatic carbocycles. The summed E-state index contributed by atoms with van der Waals surface area (Å²) in [5.41, 5.74) is -0.709. The molecule has 8 heteroatoms. The van der Waals surface area contributed by atoms with E-state index in [0.29, 0.717) is 10.8 Å². The molecule has 0 spiro atoms. The number of hydrogen-bond acceptors (Lipinski definition) is 3. The van der Waals surface area contributed by atoms with Gasteiger partial charge in [-0.3, -0.25) is 4.68 Å². The van der Waals surface area contributed by atoms with Crippen molar-refractivity contribution in [1.82, 2.24) is 14.8 Å². The highest BCUT2D eigenvalue weighted by atomic mass is 35.5. The van der Waals surface area contributed by atoms with E-state index < -0.39 is 11.7 Å². The Hall–Kier alpha value is -1.76. The average Bonchev–Trinajstić information content (AvgIpc) is 3.08. The van der Waals surface area contributed by atoms with Gasteiger partial charge in [0.25, 0.3) is 0 Å². The molecule has 24 heavy (non-hydrogen) atoms. The molecule has 0 aliphatic carbocycles. The van der Waals surface area contributed by atoms with Gasteiger partial charge in [0.1, 0.15) is 5.82 Å². The van der Waals surface area contributed by atoms with Crippen molar-refractivity contribution in [3.8, 4) is 0 Å². The topological polar surface area (TPSA) is 34.0 Å². The van der Waals surface area contributed by atoms with Gasteiger partial charge in [-0.15, -0.1) is 0 Å². The molecule has 4 rings (SSSR count). The molecule has 2 aliphatic rings. The fraction of sp³-hybridized carbons (Fsp3) is 0.500. The van der Waals surface area contributed by atoms with Crippen LogP contribution in [0, 0.1) is 0 Å². The monoisotopic (exact) mass is 356 g/mol. The van der Waals surface area contributed by atoms with Gasteiger partial charge in [0.15, 0.2) is 0 Å². The molecular formula is C16H16ClF3N4. The maximum Gasteiger partial charge on any atom is 0.417 e. The van der Waals surface area contributed by atoms with Crippen LogP contribution in [0.25, 0.3) is 0 Å². The molecule has 2 atom stereocenters. The van der Waals surface area contributed by atoms with Crippen molar-refractivity contribution in [3.63, 3.8) is 0 Å². The average molecular weight is 357 g/mol. The number of fused-ring (bicyclic) bond motifs is 2. The summed E-state index contributed by atoms with van der Waals surface area (Å²) in [5, 5.41) is 4.92. The Bertz CT molecular complexity index is 714. The van der Waals surface area contributed by atoms with Gasteiger partial charge in [-0.05, 0) is 37.8 Å². The van der Waals surface area contributed by atoms with Gasteiger partial charge in [-0.25, -0.2) is 4.98 Å². The molecule has 4 nitrogen and oxygen atoms in total. The van der Waals surface area contributed by atoms with E-state index >= 15 is 0 Å². The number of hydrogen-bond donors (Lipinski definition) is 0. The summed E-state index contributed by atoms with van der Waals surface area (Å²) >= 11 is 5.95. The number of aromatic nitrogens is 3. The van der Waals surface area contributed by atoms with Crippen LogP contribution in [-0.4, -0.2) is 26.8 Å². The van der Waals surface area contributed by atoms with Crippen LogP contribution in [0.2, 0.25) is 5.02 Å². The maximum absolute atomic E-state index is 12.7. The van der Waals surface area contributed by atoms with Crippen molar-refractivity contribution >= 4 is 17.4 Å². The Morgan fingerprint density at radius 2 is 1.75 bits per heavy atom. The number of halogens is 4. The minimum atomic E-state index is -4.35. The highest BCUT2D eigenvalue weighted by Gasteiger charge is 2.42. The van der Waals surface area contributed by atoms with E-state index in [1.807, 2.05) is 10.9 Å². The van der Waals surface area contributed by atoms with Crippen molar-refractivity contribution in [3.05, 3.63) is 41.3 Å². The summed E-state index contributed by atoms with van der Waals surface area (Å²) in [6.45, 7) is 0. The van der Waals surface area contributed by atoms with Gasteiger partial charge >= 0.3 is 6.18 Å². The highest BCUT2D eigenvalue weighted by Crippen LogP contribution is 2.43.